The SMILES string of the molecule is COc1cc(C(O)c2cc(C)cc(F)c2)ncn1. The second kappa shape index (κ2) is 5.10. The van der Waals surface area contributed by atoms with Crippen LogP contribution in [0.15, 0.2) is 30.6 Å². The van der Waals surface area contributed by atoms with Crippen molar-refractivity contribution in [2.75, 3.05) is 7.11 Å². The lowest BCUT2D eigenvalue weighted by molar-refractivity contribution is 0.213. The highest BCUT2D eigenvalue weighted by molar-refractivity contribution is 5.31. The molecule has 18 heavy (non-hydrogen) atoms. The summed E-state index contributed by atoms with van der Waals surface area (Å²) in [6.45, 7) is 1.76. The Balaban J connectivity index is 2.37. The zero-order valence-electron chi connectivity index (χ0n) is 10.1. The number of ether oxygens (including phenoxy) is 1. The molecule has 5 heteroatoms. The molecule has 0 radical (unpaired) electrons. The van der Waals surface area contributed by atoms with Crippen LogP contribution >= 0.6 is 0 Å². The molecule has 2 aromatic rings. The Bertz CT molecular complexity index is 540. The first-order chi connectivity index (χ1) is 8.60. The van der Waals surface area contributed by atoms with Crippen molar-refractivity contribution in [1.82, 2.24) is 9.97 Å². The van der Waals surface area contributed by atoms with E-state index in [1.165, 1.54) is 31.6 Å². The standard InChI is InChI=1S/C13H13FN2O2/c1-8-3-9(5-10(14)4-8)13(17)11-6-12(18-2)16-7-15-11/h3-7,13,17H,1-2H3. The van der Waals surface area contributed by atoms with Crippen LogP contribution in [0.4, 0.5) is 4.39 Å². The lowest BCUT2D eigenvalue weighted by Crippen LogP contribution is -2.04. The molecule has 0 saturated heterocycles. The number of aliphatic hydroxyl groups excluding tert-OH is 1. The van der Waals surface area contributed by atoms with Crippen LogP contribution in [0, 0.1) is 12.7 Å². The van der Waals surface area contributed by atoms with E-state index in [4.69, 9.17) is 4.74 Å². The summed E-state index contributed by atoms with van der Waals surface area (Å²) in [6, 6.07) is 5.91. The summed E-state index contributed by atoms with van der Waals surface area (Å²) in [7, 11) is 1.48. The van der Waals surface area contributed by atoms with Gasteiger partial charge in [-0.3, -0.25) is 0 Å². The van der Waals surface area contributed by atoms with E-state index in [0.717, 1.165) is 5.56 Å². The van der Waals surface area contributed by atoms with E-state index in [-0.39, 0.29) is 5.82 Å². The molecule has 1 N–H and O–H groups in total. The molecule has 0 aliphatic rings. The fourth-order valence-corrected chi connectivity index (χ4v) is 1.71. The van der Waals surface area contributed by atoms with Gasteiger partial charge in [-0.2, -0.15) is 0 Å². The van der Waals surface area contributed by atoms with Gasteiger partial charge in [0, 0.05) is 6.07 Å². The third kappa shape index (κ3) is 2.62. The second-order valence-electron chi connectivity index (χ2n) is 3.95. The van der Waals surface area contributed by atoms with Crippen LogP contribution in [-0.2, 0) is 0 Å². The fourth-order valence-electron chi connectivity index (χ4n) is 1.71. The molecule has 1 heterocycles. The van der Waals surface area contributed by atoms with Gasteiger partial charge in [-0.15, -0.1) is 0 Å². The lowest BCUT2D eigenvalue weighted by Gasteiger charge is -2.12. The molecule has 0 aliphatic heterocycles. The molecular formula is C13H13FN2O2. The summed E-state index contributed by atoms with van der Waals surface area (Å²) in [6.07, 6.45) is 0.292. The maximum Gasteiger partial charge on any atom is 0.216 e. The molecule has 1 aromatic carbocycles. The number of halogens is 1. The van der Waals surface area contributed by atoms with Crippen LogP contribution in [-0.4, -0.2) is 22.2 Å². The number of benzene rings is 1. The highest BCUT2D eigenvalue weighted by Crippen LogP contribution is 2.23. The number of aliphatic hydroxyl groups is 1. The molecule has 4 nitrogen and oxygen atoms in total. The molecule has 0 spiro atoms. The summed E-state index contributed by atoms with van der Waals surface area (Å²) in [5, 5.41) is 10.1. The van der Waals surface area contributed by atoms with Gasteiger partial charge in [0.1, 0.15) is 18.2 Å². The third-order valence-corrected chi connectivity index (χ3v) is 2.53. The van der Waals surface area contributed by atoms with E-state index in [0.29, 0.717) is 17.1 Å². The minimum absolute atomic E-state index is 0.354. The molecular weight excluding hydrogens is 235 g/mol. The second-order valence-corrected chi connectivity index (χ2v) is 3.95. The van der Waals surface area contributed by atoms with Crippen molar-refractivity contribution in [3.63, 3.8) is 0 Å². The minimum atomic E-state index is -1.00. The van der Waals surface area contributed by atoms with E-state index in [1.54, 1.807) is 13.0 Å². The first-order valence-corrected chi connectivity index (χ1v) is 5.41. The van der Waals surface area contributed by atoms with E-state index in [2.05, 4.69) is 9.97 Å². The summed E-state index contributed by atoms with van der Waals surface area (Å²) < 4.78 is 18.2. The van der Waals surface area contributed by atoms with Gasteiger partial charge in [-0.25, -0.2) is 14.4 Å². The topological polar surface area (TPSA) is 55.2 Å². The number of hydrogen-bond acceptors (Lipinski definition) is 4. The third-order valence-electron chi connectivity index (χ3n) is 2.53. The van der Waals surface area contributed by atoms with E-state index in [1.807, 2.05) is 0 Å². The van der Waals surface area contributed by atoms with Crippen LogP contribution < -0.4 is 4.74 Å². The van der Waals surface area contributed by atoms with Crippen molar-refractivity contribution < 1.29 is 14.2 Å². The van der Waals surface area contributed by atoms with Crippen LogP contribution in [0.3, 0.4) is 0 Å². The highest BCUT2D eigenvalue weighted by atomic mass is 19.1. The Morgan fingerprint density at radius 1 is 1.22 bits per heavy atom. The van der Waals surface area contributed by atoms with Gasteiger partial charge in [0.25, 0.3) is 0 Å². The van der Waals surface area contributed by atoms with Gasteiger partial charge >= 0.3 is 0 Å². The summed E-state index contributed by atoms with van der Waals surface area (Å²) in [4.78, 5) is 7.81. The van der Waals surface area contributed by atoms with Gasteiger partial charge < -0.3 is 9.84 Å². The average molecular weight is 248 g/mol. The zero-order chi connectivity index (χ0) is 13.1. The largest absolute Gasteiger partial charge is 0.481 e. The van der Waals surface area contributed by atoms with Crippen molar-refractivity contribution in [1.29, 1.82) is 0 Å². The molecule has 2 rings (SSSR count). The van der Waals surface area contributed by atoms with Gasteiger partial charge in [-0.1, -0.05) is 6.07 Å². The van der Waals surface area contributed by atoms with Crippen molar-refractivity contribution in [3.8, 4) is 5.88 Å². The van der Waals surface area contributed by atoms with Crippen LogP contribution in [0.1, 0.15) is 22.9 Å². The fraction of sp³-hybridized carbons (Fsp3) is 0.231. The molecule has 1 unspecified atom stereocenters. The first-order valence-electron chi connectivity index (χ1n) is 5.41. The average Bonchev–Trinajstić information content (AvgIpc) is 2.37. The Morgan fingerprint density at radius 2 is 2.00 bits per heavy atom. The molecule has 0 fully saturated rings. The Labute approximate surface area is 104 Å². The predicted octanol–water partition coefficient (Wildman–Crippen LogP) is 2.01. The monoisotopic (exact) mass is 248 g/mol. The summed E-state index contributed by atoms with van der Waals surface area (Å²) in [5.41, 5.74) is 1.56. The summed E-state index contributed by atoms with van der Waals surface area (Å²) in [5.74, 6) is -0.0303. The van der Waals surface area contributed by atoms with Crippen molar-refractivity contribution in [2.24, 2.45) is 0 Å². The smallest absolute Gasteiger partial charge is 0.216 e. The zero-order valence-corrected chi connectivity index (χ0v) is 10.1. The van der Waals surface area contributed by atoms with Crippen LogP contribution in [0.5, 0.6) is 5.88 Å². The van der Waals surface area contributed by atoms with E-state index >= 15 is 0 Å². The molecule has 1 aromatic heterocycles. The Morgan fingerprint density at radius 3 is 2.67 bits per heavy atom. The molecule has 0 aliphatic carbocycles. The van der Waals surface area contributed by atoms with Crippen molar-refractivity contribution >= 4 is 0 Å². The number of rotatable bonds is 3. The van der Waals surface area contributed by atoms with Crippen molar-refractivity contribution in [3.05, 3.63) is 53.2 Å². The van der Waals surface area contributed by atoms with Gasteiger partial charge in [0.15, 0.2) is 0 Å². The van der Waals surface area contributed by atoms with Crippen LogP contribution in [0.2, 0.25) is 0 Å². The predicted molar refractivity (Wildman–Crippen MR) is 63.8 cm³/mol. The molecule has 94 valence electrons. The van der Waals surface area contributed by atoms with Crippen LogP contribution in [0.25, 0.3) is 0 Å². The van der Waals surface area contributed by atoms with Gasteiger partial charge in [0.2, 0.25) is 5.88 Å². The molecule has 0 amide bonds. The Hall–Kier alpha value is -2.01. The number of hydrogen-bond donors (Lipinski definition) is 1. The number of nitrogens with zero attached hydrogens (tertiary/aromatic N) is 2. The van der Waals surface area contributed by atoms with E-state index < -0.39 is 6.10 Å². The quantitative estimate of drug-likeness (QED) is 0.902. The normalized spacial score (nSPS) is 12.2. The van der Waals surface area contributed by atoms with Gasteiger partial charge in [0.05, 0.1) is 12.8 Å². The minimum Gasteiger partial charge on any atom is -0.481 e. The number of aryl methyl sites for hydroxylation is 1. The molecule has 0 bridgehead atoms. The van der Waals surface area contributed by atoms with E-state index in [9.17, 15) is 9.50 Å². The number of aromatic nitrogens is 2. The summed E-state index contributed by atoms with van der Waals surface area (Å²) >= 11 is 0. The Kier molecular flexibility index (Phi) is 3.53. The highest BCUT2D eigenvalue weighted by Gasteiger charge is 2.14. The van der Waals surface area contributed by atoms with Gasteiger partial charge in [-0.05, 0) is 30.2 Å². The lowest BCUT2D eigenvalue weighted by atomic mass is 10.0. The molecule has 0 saturated carbocycles. The molecule has 1 atom stereocenters. The van der Waals surface area contributed by atoms with Crippen molar-refractivity contribution in [2.45, 2.75) is 13.0 Å². The maximum atomic E-state index is 13.3. The maximum absolute atomic E-state index is 13.3. The number of methoxy groups -OCH3 is 1. The first kappa shape index (κ1) is 12.4.